The number of pyridine rings is 1. The highest BCUT2D eigenvalue weighted by Gasteiger charge is 2.11. The second kappa shape index (κ2) is 13.7. The van der Waals surface area contributed by atoms with Crippen molar-refractivity contribution in [2.45, 2.75) is 59.9 Å². The molecule has 1 rings (SSSR count). The van der Waals surface area contributed by atoms with E-state index in [1.807, 2.05) is 26.8 Å². The van der Waals surface area contributed by atoms with Crippen molar-refractivity contribution in [1.82, 2.24) is 15.6 Å². The van der Waals surface area contributed by atoms with E-state index in [0.29, 0.717) is 6.54 Å². The van der Waals surface area contributed by atoms with Gasteiger partial charge in [0, 0.05) is 13.1 Å². The molecule has 0 saturated carbocycles. The van der Waals surface area contributed by atoms with E-state index in [0.717, 1.165) is 24.2 Å². The topological polar surface area (TPSA) is 108 Å². The number of rotatable bonds is 11. The van der Waals surface area contributed by atoms with Gasteiger partial charge in [0.05, 0.1) is 11.4 Å². The first-order chi connectivity index (χ1) is 12.3. The Morgan fingerprint density at radius 1 is 1.15 bits per heavy atom. The molecule has 0 saturated heterocycles. The zero-order valence-electron chi connectivity index (χ0n) is 16.3. The van der Waals surface area contributed by atoms with Crippen molar-refractivity contribution >= 4 is 16.0 Å². The summed E-state index contributed by atoms with van der Waals surface area (Å²) in [6.07, 6.45) is 4.75. The van der Waals surface area contributed by atoms with E-state index in [2.05, 4.69) is 22.5 Å². The monoisotopic (exact) mass is 387 g/mol. The molecule has 1 aromatic rings. The van der Waals surface area contributed by atoms with E-state index in [1.54, 1.807) is 6.07 Å². The van der Waals surface area contributed by atoms with E-state index in [1.165, 1.54) is 19.3 Å². The maximum absolute atomic E-state index is 12.0. The minimum Gasteiger partial charge on any atom is -0.350 e. The molecule has 0 aromatic carbocycles. The predicted octanol–water partition coefficient (Wildman–Crippen LogP) is 2.70. The van der Waals surface area contributed by atoms with Crippen LogP contribution in [0.25, 0.3) is 0 Å². The molecule has 0 bridgehead atoms. The highest BCUT2D eigenvalue weighted by Crippen LogP contribution is 2.06. The van der Waals surface area contributed by atoms with Crippen molar-refractivity contribution in [3.63, 3.8) is 0 Å². The fourth-order valence-electron chi connectivity index (χ4n) is 2.22. The number of aryl methyl sites for hydroxylation is 1. The largest absolute Gasteiger partial charge is 0.350 e. The van der Waals surface area contributed by atoms with Gasteiger partial charge in [-0.1, -0.05) is 40.0 Å². The van der Waals surface area contributed by atoms with Gasteiger partial charge in [0.15, 0.2) is 0 Å². The molecule has 150 valence electrons. The van der Waals surface area contributed by atoms with Crippen molar-refractivity contribution in [2.75, 3.05) is 18.8 Å². The van der Waals surface area contributed by atoms with Crippen molar-refractivity contribution < 1.29 is 17.8 Å². The number of amides is 1. The molecule has 0 atom stereocenters. The third-order valence-electron chi connectivity index (χ3n) is 3.41. The van der Waals surface area contributed by atoms with Gasteiger partial charge in [-0.2, -0.15) is 8.42 Å². The van der Waals surface area contributed by atoms with Crippen molar-refractivity contribution in [1.29, 1.82) is 0 Å². The molecule has 1 heterocycles. The van der Waals surface area contributed by atoms with Crippen LogP contribution in [0.3, 0.4) is 0 Å². The Morgan fingerprint density at radius 2 is 1.85 bits per heavy atom. The molecule has 0 fully saturated rings. The van der Waals surface area contributed by atoms with Crippen LogP contribution in [0.5, 0.6) is 0 Å². The zero-order valence-corrected chi connectivity index (χ0v) is 17.2. The molecule has 0 spiro atoms. The number of hydrogen-bond donors (Lipinski definition) is 3. The van der Waals surface area contributed by atoms with E-state index in [9.17, 15) is 13.2 Å². The number of nitrogens with zero attached hydrogens (tertiary/aromatic N) is 1. The van der Waals surface area contributed by atoms with Crippen LogP contribution >= 0.6 is 0 Å². The SMILES string of the molecule is CC.CCCCCCNCc1cc(C)cc(C(=O)NCCS(=O)(=O)O)n1. The van der Waals surface area contributed by atoms with Crippen molar-refractivity contribution in [3.8, 4) is 0 Å². The lowest BCUT2D eigenvalue weighted by atomic mass is 10.2. The Labute approximate surface area is 157 Å². The van der Waals surface area contributed by atoms with E-state index >= 15 is 0 Å². The molecule has 1 amide bonds. The van der Waals surface area contributed by atoms with Gasteiger partial charge < -0.3 is 10.6 Å². The first-order valence-electron chi connectivity index (χ1n) is 9.23. The molecule has 1 aromatic heterocycles. The normalized spacial score (nSPS) is 10.8. The fourth-order valence-corrected chi connectivity index (χ4v) is 2.58. The number of nitrogens with one attached hydrogen (secondary N) is 2. The van der Waals surface area contributed by atoms with Crippen LogP contribution in [0.1, 0.15) is 68.2 Å². The Morgan fingerprint density at radius 3 is 2.46 bits per heavy atom. The highest BCUT2D eigenvalue weighted by molar-refractivity contribution is 7.85. The highest BCUT2D eigenvalue weighted by atomic mass is 32.2. The molecule has 0 aliphatic carbocycles. The second-order valence-electron chi connectivity index (χ2n) is 5.80. The Hall–Kier alpha value is -1.51. The molecule has 7 nitrogen and oxygen atoms in total. The lowest BCUT2D eigenvalue weighted by Crippen LogP contribution is -2.30. The molecule has 0 radical (unpaired) electrons. The second-order valence-corrected chi connectivity index (χ2v) is 7.37. The van der Waals surface area contributed by atoms with Crippen LogP contribution in [0, 0.1) is 6.92 Å². The van der Waals surface area contributed by atoms with Crippen LogP contribution in [0.4, 0.5) is 0 Å². The maximum Gasteiger partial charge on any atom is 0.269 e. The summed E-state index contributed by atoms with van der Waals surface area (Å²) in [4.78, 5) is 16.3. The van der Waals surface area contributed by atoms with E-state index in [4.69, 9.17) is 4.55 Å². The van der Waals surface area contributed by atoms with Gasteiger partial charge in [0.25, 0.3) is 16.0 Å². The number of hydrogen-bond acceptors (Lipinski definition) is 5. The summed E-state index contributed by atoms with van der Waals surface area (Å²) in [5.41, 5.74) is 1.92. The van der Waals surface area contributed by atoms with E-state index < -0.39 is 21.8 Å². The van der Waals surface area contributed by atoms with Crippen LogP contribution in [-0.2, 0) is 16.7 Å². The Kier molecular flexibility index (Phi) is 12.9. The van der Waals surface area contributed by atoms with Crippen molar-refractivity contribution in [3.05, 3.63) is 29.1 Å². The molecule has 8 heteroatoms. The van der Waals surface area contributed by atoms with Gasteiger partial charge in [0.2, 0.25) is 0 Å². The maximum atomic E-state index is 12.0. The average Bonchev–Trinajstić information content (AvgIpc) is 2.58. The Bertz CT molecular complexity index is 633. The predicted molar refractivity (Wildman–Crippen MR) is 105 cm³/mol. The molecular weight excluding hydrogens is 354 g/mol. The van der Waals surface area contributed by atoms with Gasteiger partial charge in [-0.3, -0.25) is 9.35 Å². The van der Waals surface area contributed by atoms with Crippen LogP contribution < -0.4 is 10.6 Å². The standard InChI is InChI=1S/C16H27N3O4S.C2H6/c1-3-4-5-6-7-17-12-14-10-13(2)11-15(19-14)16(20)18-8-9-24(21,22)23;1-2/h10-11,17H,3-9,12H2,1-2H3,(H,18,20)(H,21,22,23);1-2H3. The fraction of sp³-hybridized carbons (Fsp3) is 0.667. The number of carbonyl (C=O) groups excluding carboxylic acids is 1. The first-order valence-corrected chi connectivity index (χ1v) is 10.8. The minimum atomic E-state index is -4.09. The number of carbonyl (C=O) groups is 1. The van der Waals surface area contributed by atoms with Gasteiger partial charge in [0.1, 0.15) is 5.69 Å². The van der Waals surface area contributed by atoms with E-state index in [-0.39, 0.29) is 12.2 Å². The molecule has 0 aliphatic rings. The summed E-state index contributed by atoms with van der Waals surface area (Å²) in [5, 5.41) is 5.75. The number of aromatic nitrogens is 1. The van der Waals surface area contributed by atoms with Crippen LogP contribution in [-0.4, -0.2) is 42.7 Å². The molecular formula is C18H33N3O4S. The summed E-state index contributed by atoms with van der Waals surface area (Å²) >= 11 is 0. The zero-order chi connectivity index (χ0) is 20.0. The third kappa shape index (κ3) is 11.9. The molecule has 0 aliphatic heterocycles. The van der Waals surface area contributed by atoms with Gasteiger partial charge >= 0.3 is 0 Å². The van der Waals surface area contributed by atoms with Gasteiger partial charge in [-0.15, -0.1) is 0 Å². The summed E-state index contributed by atoms with van der Waals surface area (Å²) in [7, 11) is -4.09. The molecule has 0 unspecified atom stereocenters. The minimum absolute atomic E-state index is 0.154. The number of unbranched alkanes of at least 4 members (excludes halogenated alkanes) is 3. The Balaban J connectivity index is 0.00000301. The molecule has 3 N–H and O–H groups in total. The quantitative estimate of drug-likeness (QED) is 0.398. The summed E-state index contributed by atoms with van der Waals surface area (Å²) in [5.74, 6) is -0.969. The smallest absolute Gasteiger partial charge is 0.269 e. The lowest BCUT2D eigenvalue weighted by molar-refractivity contribution is 0.0950. The lowest BCUT2D eigenvalue weighted by Gasteiger charge is -2.09. The van der Waals surface area contributed by atoms with Gasteiger partial charge in [-0.05, 0) is 37.6 Å². The summed E-state index contributed by atoms with van der Waals surface area (Å²) in [6, 6.07) is 3.56. The first kappa shape index (κ1) is 24.5. The van der Waals surface area contributed by atoms with Crippen LogP contribution in [0.15, 0.2) is 12.1 Å². The van der Waals surface area contributed by atoms with Crippen LogP contribution in [0.2, 0.25) is 0 Å². The average molecular weight is 388 g/mol. The summed E-state index contributed by atoms with van der Waals surface area (Å²) in [6.45, 7) is 9.39. The van der Waals surface area contributed by atoms with Crippen molar-refractivity contribution in [2.24, 2.45) is 0 Å². The summed E-state index contributed by atoms with van der Waals surface area (Å²) < 4.78 is 30.0. The third-order valence-corrected chi connectivity index (χ3v) is 4.13. The van der Waals surface area contributed by atoms with Gasteiger partial charge in [-0.25, -0.2) is 4.98 Å². The molecule has 26 heavy (non-hydrogen) atoms.